The molecule has 2 aromatic carbocycles. The number of aliphatic imine (C=N–C) groups is 1. The average Bonchev–Trinajstić information content (AvgIpc) is 3.23. The van der Waals surface area contributed by atoms with Gasteiger partial charge in [0.15, 0.2) is 5.96 Å². The number of nitrogens with zero attached hydrogens (tertiary/aromatic N) is 3. The number of aryl methyl sites for hydroxylation is 2. The molecular weight excluding hydrogens is 376 g/mol. The third-order valence-electron chi connectivity index (χ3n) is 5.63. The number of aromatic nitrogens is 1. The van der Waals surface area contributed by atoms with Crippen LogP contribution < -0.4 is 5.73 Å². The molecule has 1 fully saturated rings. The molecule has 2 N–H and O–H groups in total. The Morgan fingerprint density at radius 3 is 2.50 bits per heavy atom. The van der Waals surface area contributed by atoms with Gasteiger partial charge in [-0.2, -0.15) is 4.99 Å². The van der Waals surface area contributed by atoms with Crippen LogP contribution in [0.25, 0.3) is 11.1 Å². The van der Waals surface area contributed by atoms with Gasteiger partial charge in [0.05, 0.1) is 18.9 Å². The topological polar surface area (TPSA) is 76.9 Å². The van der Waals surface area contributed by atoms with Gasteiger partial charge in [-0.05, 0) is 36.1 Å². The zero-order valence-electron chi connectivity index (χ0n) is 17.8. The Hall–Kier alpha value is -3.12. The van der Waals surface area contributed by atoms with Gasteiger partial charge in [-0.15, -0.1) is 0 Å². The average molecular weight is 405 g/mol. The summed E-state index contributed by atoms with van der Waals surface area (Å²) >= 11 is 0. The first-order chi connectivity index (χ1) is 14.5. The molecule has 0 amide bonds. The molecule has 1 aliphatic heterocycles. The van der Waals surface area contributed by atoms with Crippen molar-refractivity contribution in [3.63, 3.8) is 0 Å². The van der Waals surface area contributed by atoms with Crippen LogP contribution in [0.2, 0.25) is 0 Å². The molecule has 0 saturated carbocycles. The molecule has 0 aliphatic carbocycles. The van der Waals surface area contributed by atoms with Crippen LogP contribution in [0.5, 0.6) is 0 Å². The molecule has 0 bridgehead atoms. The first-order valence-corrected chi connectivity index (χ1v) is 10.3. The quantitative estimate of drug-likeness (QED) is 0.515. The maximum absolute atomic E-state index is 6.11. The maximum atomic E-state index is 6.11. The fourth-order valence-corrected chi connectivity index (χ4v) is 3.70. The summed E-state index contributed by atoms with van der Waals surface area (Å²) in [5.74, 6) is 0.953. The normalized spacial score (nSPS) is 16.0. The van der Waals surface area contributed by atoms with E-state index in [1.165, 1.54) is 27.8 Å². The van der Waals surface area contributed by atoms with Gasteiger partial charge in [0.25, 0.3) is 5.88 Å². The second-order valence-electron chi connectivity index (χ2n) is 7.82. The van der Waals surface area contributed by atoms with E-state index in [1.54, 1.807) is 0 Å². The summed E-state index contributed by atoms with van der Waals surface area (Å²) in [4.78, 5) is 6.38. The second kappa shape index (κ2) is 8.71. The Morgan fingerprint density at radius 1 is 1.07 bits per heavy atom. The van der Waals surface area contributed by atoms with Crippen LogP contribution in [-0.4, -0.2) is 42.3 Å². The highest BCUT2D eigenvalue weighted by Gasteiger charge is 2.17. The first-order valence-electron chi connectivity index (χ1n) is 10.3. The monoisotopic (exact) mass is 404 g/mol. The molecule has 1 aromatic heterocycles. The van der Waals surface area contributed by atoms with Crippen molar-refractivity contribution in [3.8, 4) is 11.1 Å². The van der Waals surface area contributed by atoms with Gasteiger partial charge in [-0.1, -0.05) is 60.1 Å². The number of benzene rings is 2. The Labute approximate surface area is 177 Å². The van der Waals surface area contributed by atoms with Crippen molar-refractivity contribution in [1.82, 2.24) is 10.1 Å². The third-order valence-corrected chi connectivity index (χ3v) is 5.63. The van der Waals surface area contributed by atoms with Crippen LogP contribution in [-0.2, 0) is 4.74 Å². The predicted molar refractivity (Wildman–Crippen MR) is 119 cm³/mol. The van der Waals surface area contributed by atoms with Gasteiger partial charge in [-0.3, -0.25) is 0 Å². The summed E-state index contributed by atoms with van der Waals surface area (Å²) in [5, 5.41) is 4.23. The van der Waals surface area contributed by atoms with Crippen molar-refractivity contribution in [1.29, 1.82) is 0 Å². The lowest BCUT2D eigenvalue weighted by Crippen LogP contribution is -2.44. The smallest absolute Gasteiger partial charge is 0.253 e. The Bertz CT molecular complexity index is 1030. The largest absolute Gasteiger partial charge is 0.378 e. The van der Waals surface area contributed by atoms with Gasteiger partial charge in [-0.25, -0.2) is 0 Å². The summed E-state index contributed by atoms with van der Waals surface area (Å²) < 4.78 is 10.8. The second-order valence-corrected chi connectivity index (χ2v) is 7.82. The van der Waals surface area contributed by atoms with Crippen molar-refractivity contribution in [2.75, 3.05) is 26.3 Å². The van der Waals surface area contributed by atoms with Crippen molar-refractivity contribution in [2.45, 2.75) is 26.7 Å². The third kappa shape index (κ3) is 4.39. The highest BCUT2D eigenvalue weighted by atomic mass is 16.5. The molecule has 0 spiro atoms. The first kappa shape index (κ1) is 20.2. The zero-order valence-corrected chi connectivity index (χ0v) is 17.8. The minimum atomic E-state index is 0.0908. The molecule has 30 heavy (non-hydrogen) atoms. The predicted octanol–water partition coefficient (Wildman–Crippen LogP) is 4.39. The van der Waals surface area contributed by atoms with Gasteiger partial charge in [0, 0.05) is 25.1 Å². The zero-order chi connectivity index (χ0) is 21.1. The number of rotatable bonds is 4. The minimum absolute atomic E-state index is 0.0908. The van der Waals surface area contributed by atoms with Crippen LogP contribution in [0.3, 0.4) is 0 Å². The van der Waals surface area contributed by atoms with Crippen LogP contribution in [0, 0.1) is 13.8 Å². The highest BCUT2D eigenvalue weighted by Crippen LogP contribution is 2.31. The fraction of sp³-hybridized carbons (Fsp3) is 0.333. The van der Waals surface area contributed by atoms with E-state index >= 15 is 0 Å². The van der Waals surface area contributed by atoms with E-state index in [-0.39, 0.29) is 5.92 Å². The van der Waals surface area contributed by atoms with E-state index < -0.39 is 0 Å². The Morgan fingerprint density at radius 2 is 1.80 bits per heavy atom. The molecule has 6 nitrogen and oxygen atoms in total. The summed E-state index contributed by atoms with van der Waals surface area (Å²) in [5.41, 5.74) is 13.1. The molecule has 3 aromatic rings. The molecular formula is C24H28N4O2. The lowest BCUT2D eigenvalue weighted by atomic mass is 9.92. The van der Waals surface area contributed by atoms with Crippen molar-refractivity contribution in [2.24, 2.45) is 10.7 Å². The van der Waals surface area contributed by atoms with Crippen molar-refractivity contribution < 1.29 is 9.26 Å². The van der Waals surface area contributed by atoms with Gasteiger partial charge in [0.1, 0.15) is 0 Å². The Kier molecular flexibility index (Phi) is 5.86. The number of hydrogen-bond donors (Lipinski definition) is 1. The Balaban J connectivity index is 1.51. The van der Waals surface area contributed by atoms with E-state index in [2.05, 4.69) is 73.4 Å². The van der Waals surface area contributed by atoms with Gasteiger partial charge in [0.2, 0.25) is 0 Å². The maximum Gasteiger partial charge on any atom is 0.253 e. The molecule has 1 aliphatic rings. The van der Waals surface area contributed by atoms with Crippen LogP contribution in [0.4, 0.5) is 5.88 Å². The number of nitrogens with two attached hydrogens (primary N) is 1. The number of guanidine groups is 1. The molecule has 6 heteroatoms. The van der Waals surface area contributed by atoms with Crippen LogP contribution in [0.15, 0.2) is 58.0 Å². The lowest BCUT2D eigenvalue weighted by Gasteiger charge is -2.27. The number of hydrogen-bond acceptors (Lipinski definition) is 4. The molecule has 156 valence electrons. The lowest BCUT2D eigenvalue weighted by molar-refractivity contribution is 0.0675. The van der Waals surface area contributed by atoms with E-state index in [9.17, 15) is 0 Å². The molecule has 1 saturated heterocycles. The van der Waals surface area contributed by atoms with E-state index in [0.717, 1.165) is 18.8 Å². The molecule has 4 rings (SSSR count). The van der Waals surface area contributed by atoms with Crippen LogP contribution in [0.1, 0.15) is 35.2 Å². The molecule has 0 unspecified atom stereocenters. The van der Waals surface area contributed by atoms with E-state index in [0.29, 0.717) is 25.1 Å². The molecule has 0 radical (unpaired) electrons. The number of ether oxygens (including phenoxy) is 1. The molecule has 2 heterocycles. The minimum Gasteiger partial charge on any atom is -0.378 e. The van der Waals surface area contributed by atoms with Crippen LogP contribution >= 0.6 is 0 Å². The standard InChI is InChI=1S/C24H28N4O2/c1-16-4-6-19(7-5-16)21-9-8-20(14-17(21)2)18(3)22-15-23(30-27-22)26-24(25)28-10-12-29-13-11-28/h4-9,14-15,18H,10-13H2,1-3H3,(H2,25,26)/t18-/m0/s1. The van der Waals surface area contributed by atoms with Crippen molar-refractivity contribution >= 4 is 11.8 Å². The van der Waals surface area contributed by atoms with Gasteiger partial charge >= 0.3 is 0 Å². The van der Waals surface area contributed by atoms with E-state index in [4.69, 9.17) is 15.0 Å². The summed E-state index contributed by atoms with van der Waals surface area (Å²) in [6.45, 7) is 9.16. The molecule has 1 atom stereocenters. The SMILES string of the molecule is Cc1ccc(-c2ccc([C@H](C)c3cc(/N=C(\N)N4CCOCC4)on3)cc2C)cc1. The van der Waals surface area contributed by atoms with Crippen molar-refractivity contribution in [3.05, 3.63) is 70.9 Å². The summed E-state index contributed by atoms with van der Waals surface area (Å²) in [7, 11) is 0. The number of morpholine rings is 1. The fourth-order valence-electron chi connectivity index (χ4n) is 3.70. The summed E-state index contributed by atoms with van der Waals surface area (Å²) in [6, 6.07) is 17.1. The summed E-state index contributed by atoms with van der Waals surface area (Å²) in [6.07, 6.45) is 0. The van der Waals surface area contributed by atoms with Gasteiger partial charge < -0.3 is 19.9 Å². The highest BCUT2D eigenvalue weighted by molar-refractivity contribution is 5.80. The van der Waals surface area contributed by atoms with E-state index in [1.807, 2.05) is 11.0 Å².